The summed E-state index contributed by atoms with van der Waals surface area (Å²) in [6.07, 6.45) is 6.13. The molecule has 0 amide bonds. The van der Waals surface area contributed by atoms with Crippen LogP contribution >= 0.6 is 11.8 Å². The molecule has 0 saturated carbocycles. The summed E-state index contributed by atoms with van der Waals surface area (Å²) in [7, 11) is 0. The lowest BCUT2D eigenvalue weighted by Gasteiger charge is -2.12. The number of hydrogen-bond acceptors (Lipinski definition) is 5. The molecule has 7 heteroatoms. The monoisotopic (exact) mass is 375 g/mol. The smallest absolute Gasteiger partial charge is 0.270 e. The van der Waals surface area contributed by atoms with Gasteiger partial charge >= 0.3 is 0 Å². The van der Waals surface area contributed by atoms with Crippen LogP contribution in [0.5, 0.6) is 0 Å². The second-order valence-corrected chi connectivity index (χ2v) is 6.62. The van der Waals surface area contributed by atoms with Crippen molar-refractivity contribution in [2.24, 2.45) is 0 Å². The molecular weight excluding hydrogens is 353 g/mol. The van der Waals surface area contributed by atoms with E-state index in [2.05, 4.69) is 16.9 Å². The van der Waals surface area contributed by atoms with Crippen molar-refractivity contribution in [1.29, 1.82) is 5.26 Å². The number of benzene rings is 1. The summed E-state index contributed by atoms with van der Waals surface area (Å²) in [4.78, 5) is 19.0. The van der Waals surface area contributed by atoms with Crippen LogP contribution in [0, 0.1) is 17.1 Å². The van der Waals surface area contributed by atoms with Gasteiger partial charge in [-0.1, -0.05) is 37.9 Å². The topological polar surface area (TPSA) is 78.8 Å². The van der Waals surface area contributed by atoms with E-state index in [1.807, 2.05) is 6.07 Å². The second-order valence-electron chi connectivity index (χ2n) is 5.83. The molecule has 0 unspecified atom stereocenters. The average molecular weight is 375 g/mol. The number of thioether (sulfide) groups is 1. The van der Waals surface area contributed by atoms with Crippen LogP contribution < -0.4 is 5.56 Å². The Morgan fingerprint density at radius 3 is 2.85 bits per heavy atom. The first-order chi connectivity index (χ1) is 12.6. The van der Waals surface area contributed by atoms with Crippen LogP contribution in [0.4, 0.5) is 4.39 Å². The minimum atomic E-state index is -0.502. The van der Waals surface area contributed by atoms with E-state index >= 15 is 0 Å². The van der Waals surface area contributed by atoms with Crippen molar-refractivity contribution in [3.63, 3.8) is 0 Å². The summed E-state index contributed by atoms with van der Waals surface area (Å²) in [6.45, 7) is 2.93. The predicted molar refractivity (Wildman–Crippen MR) is 101 cm³/mol. The van der Waals surface area contributed by atoms with Crippen LogP contribution in [0.25, 0.3) is 11.3 Å². The highest BCUT2D eigenvalue weighted by atomic mass is 32.2. The molecule has 0 atom stereocenters. The molecule has 1 aromatic heterocycles. The maximum Gasteiger partial charge on any atom is 0.270 e. The molecule has 0 saturated heterocycles. The van der Waals surface area contributed by atoms with E-state index in [0.717, 1.165) is 25.7 Å². The number of ether oxygens (including phenoxy) is 1. The van der Waals surface area contributed by atoms with Gasteiger partial charge in [-0.15, -0.1) is 0 Å². The van der Waals surface area contributed by atoms with Gasteiger partial charge in [-0.2, -0.15) is 5.26 Å². The van der Waals surface area contributed by atoms with Gasteiger partial charge in [-0.05, 0) is 36.4 Å². The molecule has 0 spiro atoms. The average Bonchev–Trinajstić information content (AvgIpc) is 2.64. The first-order valence-electron chi connectivity index (χ1n) is 8.55. The molecule has 0 aliphatic heterocycles. The number of nitrogens with one attached hydrogen (secondary N) is 1. The predicted octanol–water partition coefficient (Wildman–Crippen LogP) is 4.27. The fraction of sp³-hybridized carbons (Fsp3) is 0.421. The molecule has 0 fully saturated rings. The lowest BCUT2D eigenvalue weighted by molar-refractivity contribution is 0.117. The second kappa shape index (κ2) is 10.1. The van der Waals surface area contributed by atoms with E-state index in [9.17, 15) is 14.4 Å². The van der Waals surface area contributed by atoms with E-state index in [0.29, 0.717) is 22.9 Å². The molecule has 5 nitrogen and oxygen atoms in total. The van der Waals surface area contributed by atoms with Gasteiger partial charge in [0.05, 0.1) is 12.3 Å². The number of aromatic nitrogens is 2. The SMILES string of the molecule is CCCCCCOCc1cc(F)ccc1-c1nc(SC)[nH]c(=O)c1C#N. The molecule has 0 aliphatic rings. The van der Waals surface area contributed by atoms with Gasteiger partial charge in [0.1, 0.15) is 17.4 Å². The molecule has 0 bridgehead atoms. The number of aromatic amines is 1. The Hall–Kier alpha value is -2.17. The maximum atomic E-state index is 13.7. The van der Waals surface area contributed by atoms with Gasteiger partial charge in [-0.25, -0.2) is 9.37 Å². The normalized spacial score (nSPS) is 10.7. The Bertz CT molecular complexity index is 846. The molecule has 2 aromatic rings. The van der Waals surface area contributed by atoms with Crippen molar-refractivity contribution in [3.8, 4) is 17.3 Å². The molecule has 1 N–H and O–H groups in total. The quantitative estimate of drug-likeness (QED) is 0.402. The van der Waals surface area contributed by atoms with E-state index < -0.39 is 11.4 Å². The molecule has 0 radical (unpaired) electrons. The Morgan fingerprint density at radius 1 is 1.35 bits per heavy atom. The van der Waals surface area contributed by atoms with E-state index in [1.54, 1.807) is 6.26 Å². The third-order valence-electron chi connectivity index (χ3n) is 3.93. The minimum absolute atomic E-state index is 0.0846. The zero-order valence-electron chi connectivity index (χ0n) is 15.0. The summed E-state index contributed by atoms with van der Waals surface area (Å²) in [5.41, 5.74) is 0.779. The number of nitriles is 1. The summed E-state index contributed by atoms with van der Waals surface area (Å²) in [5, 5.41) is 9.75. The van der Waals surface area contributed by atoms with Crippen LogP contribution in [-0.4, -0.2) is 22.8 Å². The number of nitrogens with zero attached hydrogens (tertiary/aromatic N) is 2. The minimum Gasteiger partial charge on any atom is -0.377 e. The Morgan fingerprint density at radius 2 is 2.15 bits per heavy atom. The third-order valence-corrected chi connectivity index (χ3v) is 4.51. The van der Waals surface area contributed by atoms with Crippen molar-refractivity contribution in [2.45, 2.75) is 44.4 Å². The summed E-state index contributed by atoms with van der Waals surface area (Å²) in [6, 6.07) is 6.10. The van der Waals surface area contributed by atoms with Crippen molar-refractivity contribution in [2.75, 3.05) is 12.9 Å². The summed E-state index contributed by atoms with van der Waals surface area (Å²) in [5.74, 6) is -0.397. The highest BCUT2D eigenvalue weighted by molar-refractivity contribution is 7.98. The molecule has 1 heterocycles. The number of rotatable bonds is 9. The van der Waals surface area contributed by atoms with Crippen LogP contribution in [0.3, 0.4) is 0 Å². The summed E-state index contributed by atoms with van der Waals surface area (Å²) < 4.78 is 19.4. The third kappa shape index (κ3) is 5.16. The van der Waals surface area contributed by atoms with E-state index in [1.165, 1.54) is 30.0 Å². The van der Waals surface area contributed by atoms with Crippen LogP contribution in [0.15, 0.2) is 28.2 Å². The zero-order valence-corrected chi connectivity index (χ0v) is 15.8. The van der Waals surface area contributed by atoms with Crippen molar-refractivity contribution in [1.82, 2.24) is 9.97 Å². The lowest BCUT2D eigenvalue weighted by atomic mass is 10.0. The number of unbranched alkanes of at least 4 members (excludes halogenated alkanes) is 3. The Kier molecular flexibility index (Phi) is 7.82. The van der Waals surface area contributed by atoms with Gasteiger partial charge in [0, 0.05) is 12.2 Å². The highest BCUT2D eigenvalue weighted by Gasteiger charge is 2.17. The first kappa shape index (κ1) is 20.1. The molecular formula is C19H22FN3O2S. The van der Waals surface area contributed by atoms with Crippen LogP contribution in [0.2, 0.25) is 0 Å². The maximum absolute atomic E-state index is 13.7. The number of halogens is 1. The number of hydrogen-bond donors (Lipinski definition) is 1. The van der Waals surface area contributed by atoms with Gasteiger partial charge in [0.2, 0.25) is 0 Å². The molecule has 2 rings (SSSR count). The van der Waals surface area contributed by atoms with Gasteiger partial charge in [0.25, 0.3) is 5.56 Å². The van der Waals surface area contributed by atoms with Crippen LogP contribution in [-0.2, 0) is 11.3 Å². The van der Waals surface area contributed by atoms with E-state index in [-0.39, 0.29) is 17.9 Å². The van der Waals surface area contributed by atoms with Crippen molar-refractivity contribution >= 4 is 11.8 Å². The molecule has 1 aromatic carbocycles. The number of H-pyrrole nitrogens is 1. The van der Waals surface area contributed by atoms with Crippen molar-refractivity contribution in [3.05, 3.63) is 45.5 Å². The van der Waals surface area contributed by atoms with E-state index in [4.69, 9.17) is 4.74 Å². The largest absolute Gasteiger partial charge is 0.377 e. The summed E-state index contributed by atoms with van der Waals surface area (Å²) >= 11 is 1.27. The molecule has 0 aliphatic carbocycles. The molecule has 26 heavy (non-hydrogen) atoms. The van der Waals surface area contributed by atoms with Crippen LogP contribution in [0.1, 0.15) is 43.7 Å². The Balaban J connectivity index is 2.31. The van der Waals surface area contributed by atoms with Gasteiger partial charge in [-0.3, -0.25) is 4.79 Å². The highest BCUT2D eigenvalue weighted by Crippen LogP contribution is 2.26. The molecule has 138 valence electrons. The lowest BCUT2D eigenvalue weighted by Crippen LogP contribution is -2.15. The van der Waals surface area contributed by atoms with Crippen molar-refractivity contribution < 1.29 is 9.13 Å². The Labute approximate surface area is 156 Å². The first-order valence-corrected chi connectivity index (χ1v) is 9.78. The fourth-order valence-electron chi connectivity index (χ4n) is 2.57. The fourth-order valence-corrected chi connectivity index (χ4v) is 2.95. The standard InChI is InChI=1S/C19H22FN3O2S/c1-3-4-5-6-9-25-12-13-10-14(20)7-8-15(13)17-16(11-21)18(24)23-19(22-17)26-2/h7-8,10H,3-6,9,12H2,1-2H3,(H,22,23,24). The van der Waals surface area contributed by atoms with Gasteiger partial charge < -0.3 is 9.72 Å². The zero-order chi connectivity index (χ0) is 18.9. The van der Waals surface area contributed by atoms with Gasteiger partial charge in [0.15, 0.2) is 5.16 Å².